The molecule has 0 amide bonds. The van der Waals surface area contributed by atoms with Gasteiger partial charge in [0.1, 0.15) is 6.42 Å². The van der Waals surface area contributed by atoms with Crippen molar-refractivity contribution >= 4 is 11.9 Å². The molecule has 0 radical (unpaired) electrons. The normalized spacial score (nSPS) is 7.56. The third-order valence-corrected chi connectivity index (χ3v) is 0.481. The van der Waals surface area contributed by atoms with Crippen LogP contribution in [0.5, 0.6) is 0 Å². The molecule has 9 heavy (non-hydrogen) atoms. The highest BCUT2D eigenvalue weighted by Gasteiger charge is 2.02. The second-order valence-corrected chi connectivity index (χ2v) is 1.30. The summed E-state index contributed by atoms with van der Waals surface area (Å²) in [5, 5.41) is 7.89. The van der Waals surface area contributed by atoms with Crippen molar-refractivity contribution in [2.45, 2.75) is 13.3 Å². The minimum atomic E-state index is -0.801. The van der Waals surface area contributed by atoms with Crippen LogP contribution < -0.4 is 0 Å². The van der Waals surface area contributed by atoms with E-state index in [1.165, 1.54) is 0 Å². The maximum Gasteiger partial charge on any atom is 0.327 e. The van der Waals surface area contributed by atoms with E-state index >= 15 is 0 Å². The molecule has 4 heteroatoms. The zero-order valence-electron chi connectivity index (χ0n) is 4.88. The summed E-state index contributed by atoms with van der Waals surface area (Å²) in [6, 6.07) is 1.55. The van der Waals surface area contributed by atoms with Crippen LogP contribution in [0.1, 0.15) is 13.3 Å². The summed E-state index contributed by atoms with van der Waals surface area (Å²) < 4.78 is 3.99. The van der Waals surface area contributed by atoms with Crippen LogP contribution in [0.3, 0.4) is 0 Å². The first-order valence-electron chi connectivity index (χ1n) is 2.25. The average Bonchev–Trinajstić information content (AvgIpc) is 1.63. The fourth-order valence-electron chi connectivity index (χ4n) is 0.261. The Bertz CT molecular complexity index is 168. The number of ether oxygens (including phenoxy) is 1. The Morgan fingerprint density at radius 1 is 1.67 bits per heavy atom. The summed E-state index contributed by atoms with van der Waals surface area (Å²) >= 11 is 0. The van der Waals surface area contributed by atoms with Gasteiger partial charge in [-0.25, -0.2) is 0 Å². The van der Waals surface area contributed by atoms with Crippen LogP contribution in [0.4, 0.5) is 0 Å². The van der Waals surface area contributed by atoms with Crippen molar-refractivity contribution in [3.8, 4) is 6.07 Å². The first-order chi connectivity index (χ1) is 4.16. The fraction of sp³-hybridized carbons (Fsp3) is 0.400. The highest BCUT2D eigenvalue weighted by molar-refractivity contribution is 5.85. The van der Waals surface area contributed by atoms with Crippen molar-refractivity contribution in [3.05, 3.63) is 0 Å². The van der Waals surface area contributed by atoms with Crippen molar-refractivity contribution < 1.29 is 14.3 Å². The van der Waals surface area contributed by atoms with Gasteiger partial charge in [-0.05, 0) is 0 Å². The Morgan fingerprint density at radius 2 is 2.22 bits per heavy atom. The van der Waals surface area contributed by atoms with Gasteiger partial charge >= 0.3 is 11.9 Å². The number of hydrogen-bond donors (Lipinski definition) is 0. The number of hydrogen-bond acceptors (Lipinski definition) is 4. The van der Waals surface area contributed by atoms with Crippen LogP contribution in [0.2, 0.25) is 0 Å². The molecular weight excluding hydrogens is 122 g/mol. The second-order valence-electron chi connectivity index (χ2n) is 1.30. The van der Waals surface area contributed by atoms with Crippen LogP contribution in [-0.4, -0.2) is 11.9 Å². The van der Waals surface area contributed by atoms with Gasteiger partial charge in [-0.15, -0.1) is 0 Å². The summed E-state index contributed by atoms with van der Waals surface area (Å²) in [6.07, 6.45) is -0.375. The molecule has 0 aromatic carbocycles. The predicted octanol–water partition coefficient (Wildman–Crippen LogP) is -0.0102. The molecule has 0 aromatic heterocycles. The molecule has 0 fully saturated rings. The lowest BCUT2D eigenvalue weighted by atomic mass is 10.5. The molecule has 48 valence electrons. The fourth-order valence-corrected chi connectivity index (χ4v) is 0.261. The minimum Gasteiger partial charge on any atom is -0.393 e. The summed E-state index contributed by atoms with van der Waals surface area (Å²) in [7, 11) is 0. The van der Waals surface area contributed by atoms with Crippen LogP contribution >= 0.6 is 0 Å². The molecule has 0 unspecified atom stereocenters. The SMILES string of the molecule is CC(=O)OC(=O)CC#N. The van der Waals surface area contributed by atoms with E-state index in [-0.39, 0.29) is 6.42 Å². The van der Waals surface area contributed by atoms with Gasteiger partial charge in [0, 0.05) is 6.92 Å². The largest absolute Gasteiger partial charge is 0.393 e. The highest BCUT2D eigenvalue weighted by atomic mass is 16.6. The van der Waals surface area contributed by atoms with Gasteiger partial charge in [0.05, 0.1) is 6.07 Å². The summed E-state index contributed by atoms with van der Waals surface area (Å²) in [4.78, 5) is 20.2. The van der Waals surface area contributed by atoms with Gasteiger partial charge in [-0.2, -0.15) is 5.26 Å². The van der Waals surface area contributed by atoms with Crippen molar-refractivity contribution in [3.63, 3.8) is 0 Å². The van der Waals surface area contributed by atoms with Crippen molar-refractivity contribution in [2.24, 2.45) is 0 Å². The van der Waals surface area contributed by atoms with Gasteiger partial charge in [-0.1, -0.05) is 0 Å². The summed E-state index contributed by atoms with van der Waals surface area (Å²) in [6.45, 7) is 1.11. The molecule has 0 bridgehead atoms. The number of rotatable bonds is 1. The smallest absolute Gasteiger partial charge is 0.327 e. The number of nitriles is 1. The zero-order valence-corrected chi connectivity index (χ0v) is 4.88. The van der Waals surface area contributed by atoms with Gasteiger partial charge in [0.15, 0.2) is 0 Å². The number of nitrogens with zero attached hydrogens (tertiary/aromatic N) is 1. The minimum absolute atomic E-state index is 0.375. The Hall–Kier alpha value is -1.37. The van der Waals surface area contributed by atoms with Crippen molar-refractivity contribution in [2.75, 3.05) is 0 Å². The molecule has 0 saturated heterocycles. The molecule has 0 aromatic rings. The lowest BCUT2D eigenvalue weighted by Crippen LogP contribution is -2.07. The lowest BCUT2D eigenvalue weighted by molar-refractivity contribution is -0.157. The highest BCUT2D eigenvalue weighted by Crippen LogP contribution is 1.83. The van der Waals surface area contributed by atoms with Crippen LogP contribution in [0, 0.1) is 11.3 Å². The molecule has 0 aliphatic rings. The Kier molecular flexibility index (Phi) is 3.06. The Morgan fingerprint density at radius 3 is 2.56 bits per heavy atom. The van der Waals surface area contributed by atoms with E-state index in [1.807, 2.05) is 0 Å². The lowest BCUT2D eigenvalue weighted by Gasteiger charge is -1.90. The molecule has 0 atom stereocenters. The third-order valence-electron chi connectivity index (χ3n) is 0.481. The standard InChI is InChI=1S/C5H5NO3/c1-4(7)9-5(8)2-3-6/h2H2,1H3. The number of esters is 2. The van der Waals surface area contributed by atoms with Crippen molar-refractivity contribution in [1.82, 2.24) is 0 Å². The van der Waals surface area contributed by atoms with Gasteiger partial charge < -0.3 is 4.74 Å². The Labute approximate surface area is 52.0 Å². The number of carbonyl (C=O) groups is 2. The van der Waals surface area contributed by atoms with E-state index in [2.05, 4.69) is 4.74 Å². The first kappa shape index (κ1) is 7.63. The van der Waals surface area contributed by atoms with E-state index in [0.29, 0.717) is 0 Å². The number of carbonyl (C=O) groups excluding carboxylic acids is 2. The molecule has 0 N–H and O–H groups in total. The van der Waals surface area contributed by atoms with Gasteiger partial charge in [-0.3, -0.25) is 9.59 Å². The monoisotopic (exact) mass is 127 g/mol. The zero-order chi connectivity index (χ0) is 7.28. The topological polar surface area (TPSA) is 67.2 Å². The maximum absolute atomic E-state index is 10.2. The van der Waals surface area contributed by atoms with Crippen LogP contribution in [-0.2, 0) is 14.3 Å². The molecular formula is C5H5NO3. The average molecular weight is 127 g/mol. The van der Waals surface area contributed by atoms with Crippen molar-refractivity contribution in [1.29, 1.82) is 5.26 Å². The Balaban J connectivity index is 3.54. The molecule has 0 aliphatic heterocycles. The van der Waals surface area contributed by atoms with E-state index in [0.717, 1.165) is 6.92 Å². The molecule has 0 rings (SSSR count). The third kappa shape index (κ3) is 4.48. The molecule has 0 saturated carbocycles. The molecule has 0 aliphatic carbocycles. The van der Waals surface area contributed by atoms with Gasteiger partial charge in [0.2, 0.25) is 0 Å². The first-order valence-corrected chi connectivity index (χ1v) is 2.25. The molecule has 4 nitrogen and oxygen atoms in total. The van der Waals surface area contributed by atoms with E-state index in [4.69, 9.17) is 5.26 Å². The van der Waals surface area contributed by atoms with Gasteiger partial charge in [0.25, 0.3) is 0 Å². The maximum atomic E-state index is 10.2. The molecule has 0 heterocycles. The van der Waals surface area contributed by atoms with E-state index < -0.39 is 11.9 Å². The summed E-state index contributed by atoms with van der Waals surface area (Å²) in [5.41, 5.74) is 0. The van der Waals surface area contributed by atoms with E-state index in [9.17, 15) is 9.59 Å². The predicted molar refractivity (Wildman–Crippen MR) is 27.0 cm³/mol. The molecule has 0 spiro atoms. The van der Waals surface area contributed by atoms with Crippen LogP contribution in [0.15, 0.2) is 0 Å². The second kappa shape index (κ2) is 3.61. The van der Waals surface area contributed by atoms with E-state index in [1.54, 1.807) is 6.07 Å². The summed E-state index contributed by atoms with van der Waals surface area (Å²) in [5.74, 6) is -1.49. The van der Waals surface area contributed by atoms with Crippen LogP contribution in [0.25, 0.3) is 0 Å². The quantitative estimate of drug-likeness (QED) is 0.367.